The monoisotopic (exact) mass is 1190 g/mol. The van der Waals surface area contributed by atoms with Gasteiger partial charge in [0.1, 0.15) is 0 Å². The number of rotatable bonds is 15. The van der Waals surface area contributed by atoms with E-state index in [2.05, 4.69) is 0 Å². The SMILES string of the molecule is O=C(O)/C=C/C=C/c1cc(O)c(O)c(O)c1.O=C(O)/C=C/C=C/c1ccc(O)c(O)c1.O=C(O)/C=C/c1cc(O)c(O)c(O)c1.O=C(O)/C=C/c1ccc(O)c(O)c1.O=C(O)CCc1cc(O)c(O)c(O)c1.O=C(O)Cc1cc(O)c(O)c(O)c1. The fourth-order valence-electron chi connectivity index (χ4n) is 5.67. The Morgan fingerprint density at radius 1 is 0.282 bits per heavy atom. The van der Waals surface area contributed by atoms with E-state index < -0.39 is 105 Å². The van der Waals surface area contributed by atoms with E-state index in [1.165, 1.54) is 97.1 Å². The van der Waals surface area contributed by atoms with Gasteiger partial charge in [-0.1, -0.05) is 48.6 Å². The maximum absolute atomic E-state index is 10.3. The van der Waals surface area contributed by atoms with Crippen molar-refractivity contribution in [2.24, 2.45) is 0 Å². The summed E-state index contributed by atoms with van der Waals surface area (Å²) in [6.45, 7) is 0. The van der Waals surface area contributed by atoms with Gasteiger partial charge < -0.3 is 112 Å². The number of benzene rings is 6. The van der Waals surface area contributed by atoms with E-state index in [9.17, 15) is 28.8 Å². The number of phenolic OH excluding ortho intramolecular Hbond substituents is 16. The molecule has 0 radical (unpaired) electrons. The Bertz CT molecular complexity index is 3420. The molecule has 0 aliphatic carbocycles. The van der Waals surface area contributed by atoms with Gasteiger partial charge in [-0.3, -0.25) is 9.59 Å². The normalized spacial score (nSPS) is 10.6. The van der Waals surface area contributed by atoms with Gasteiger partial charge in [-0.2, -0.15) is 0 Å². The summed E-state index contributed by atoms with van der Waals surface area (Å²) in [5.41, 5.74) is 2.57. The number of hydrogen-bond acceptors (Lipinski definition) is 22. The molecule has 85 heavy (non-hydrogen) atoms. The van der Waals surface area contributed by atoms with Crippen molar-refractivity contribution in [3.8, 4) is 92.0 Å². The third kappa shape index (κ3) is 28.2. The number of allylic oxidation sites excluding steroid dienone is 4. The molecule has 0 bridgehead atoms. The van der Waals surface area contributed by atoms with Gasteiger partial charge in [0, 0.05) is 30.7 Å². The second kappa shape index (κ2) is 35.1. The van der Waals surface area contributed by atoms with Crippen molar-refractivity contribution < 1.29 is 141 Å². The largest absolute Gasteiger partial charge is 0.504 e. The van der Waals surface area contributed by atoms with Crippen LogP contribution in [-0.4, -0.2) is 148 Å². The minimum Gasteiger partial charge on any atom is -0.504 e. The van der Waals surface area contributed by atoms with E-state index in [1.807, 2.05) is 0 Å². The predicted octanol–water partition coefficient (Wildman–Crippen LogP) is 6.56. The molecule has 6 aromatic rings. The molecule has 28 nitrogen and oxygen atoms in total. The number of aryl methyl sites for hydroxylation is 1. The number of carbonyl (C=O) groups is 6. The lowest BCUT2D eigenvalue weighted by Gasteiger charge is -2.04. The second-order valence-electron chi connectivity index (χ2n) is 16.2. The van der Waals surface area contributed by atoms with Crippen LogP contribution >= 0.6 is 0 Å². The van der Waals surface area contributed by atoms with Crippen LogP contribution < -0.4 is 0 Å². The molecule has 0 amide bonds. The van der Waals surface area contributed by atoms with Gasteiger partial charge in [-0.25, -0.2) is 19.2 Å². The first kappa shape index (κ1) is 70.4. The van der Waals surface area contributed by atoms with Crippen molar-refractivity contribution in [2.75, 3.05) is 0 Å². The molecule has 28 heteroatoms. The Hall–Kier alpha value is -12.6. The van der Waals surface area contributed by atoms with Crippen LogP contribution in [0.15, 0.2) is 134 Å². The van der Waals surface area contributed by atoms with Gasteiger partial charge in [0.25, 0.3) is 0 Å². The quantitative estimate of drug-likeness (QED) is 0.0294. The average molecular weight is 1190 g/mol. The molecule has 6 rings (SSSR count). The first-order valence-corrected chi connectivity index (χ1v) is 23.1. The lowest BCUT2D eigenvalue weighted by atomic mass is 10.1. The van der Waals surface area contributed by atoms with Crippen LogP contribution in [0.25, 0.3) is 24.3 Å². The van der Waals surface area contributed by atoms with Crippen molar-refractivity contribution in [3.05, 3.63) is 167 Å². The summed E-state index contributed by atoms with van der Waals surface area (Å²) < 4.78 is 0. The van der Waals surface area contributed by atoms with Crippen LogP contribution in [0.4, 0.5) is 0 Å². The molecule has 0 heterocycles. The zero-order chi connectivity index (χ0) is 64.7. The Kier molecular flexibility index (Phi) is 29.1. The van der Waals surface area contributed by atoms with Crippen molar-refractivity contribution in [1.29, 1.82) is 0 Å². The van der Waals surface area contributed by atoms with Crippen LogP contribution in [0.5, 0.6) is 92.0 Å². The highest BCUT2D eigenvalue weighted by Crippen LogP contribution is 2.38. The highest BCUT2D eigenvalue weighted by Gasteiger charge is 2.12. The summed E-state index contributed by atoms with van der Waals surface area (Å²) in [7, 11) is 0. The van der Waals surface area contributed by atoms with E-state index in [-0.39, 0.29) is 53.4 Å². The first-order valence-electron chi connectivity index (χ1n) is 23.1. The summed E-state index contributed by atoms with van der Waals surface area (Å²) in [6, 6.07) is 17.7. The molecule has 0 saturated carbocycles. The Balaban J connectivity index is 0.000000511. The third-order valence-corrected chi connectivity index (χ3v) is 9.54. The molecular formula is C57H54O28. The van der Waals surface area contributed by atoms with Crippen molar-refractivity contribution in [1.82, 2.24) is 0 Å². The Morgan fingerprint density at radius 2 is 0.565 bits per heavy atom. The van der Waals surface area contributed by atoms with Gasteiger partial charge in [0.2, 0.25) is 0 Å². The van der Waals surface area contributed by atoms with Crippen LogP contribution in [0.1, 0.15) is 39.8 Å². The number of hydrogen-bond donors (Lipinski definition) is 22. The topological polar surface area (TPSA) is 547 Å². The fourth-order valence-corrected chi connectivity index (χ4v) is 5.67. The van der Waals surface area contributed by atoms with Crippen molar-refractivity contribution in [2.45, 2.75) is 19.3 Å². The van der Waals surface area contributed by atoms with Gasteiger partial charge in [-0.05, 0) is 125 Å². The van der Waals surface area contributed by atoms with Crippen molar-refractivity contribution in [3.63, 3.8) is 0 Å². The maximum Gasteiger partial charge on any atom is 0.328 e. The molecule has 0 atom stereocenters. The van der Waals surface area contributed by atoms with E-state index in [4.69, 9.17) is 112 Å². The number of aromatic hydroxyl groups is 16. The van der Waals surface area contributed by atoms with Gasteiger partial charge in [0.05, 0.1) is 6.42 Å². The van der Waals surface area contributed by atoms with Gasteiger partial charge >= 0.3 is 35.8 Å². The Labute approximate surface area is 478 Å². The molecule has 0 spiro atoms. The minimum atomic E-state index is -1.14. The van der Waals surface area contributed by atoms with Gasteiger partial charge in [-0.15, -0.1) is 0 Å². The average Bonchev–Trinajstić information content (AvgIpc) is 3.64. The highest BCUT2D eigenvalue weighted by atomic mass is 16.4. The number of carboxylic acid groups (broad SMARTS) is 6. The summed E-state index contributed by atoms with van der Waals surface area (Å²) in [5, 5.41) is 195. The number of phenols is 16. The summed E-state index contributed by atoms with van der Waals surface area (Å²) in [5.74, 6) is -13.5. The third-order valence-electron chi connectivity index (χ3n) is 9.54. The van der Waals surface area contributed by atoms with E-state index >= 15 is 0 Å². The number of aliphatic carboxylic acids is 6. The molecule has 6 aromatic carbocycles. The van der Waals surface area contributed by atoms with E-state index in [1.54, 1.807) is 12.1 Å². The Morgan fingerprint density at radius 3 is 0.882 bits per heavy atom. The molecular weight excluding hydrogens is 1130 g/mol. The van der Waals surface area contributed by atoms with E-state index in [0.717, 1.165) is 48.6 Å². The fraction of sp³-hybridized carbons (Fsp3) is 0.0526. The minimum absolute atomic E-state index is 0.0936. The van der Waals surface area contributed by atoms with Crippen LogP contribution in [0.3, 0.4) is 0 Å². The van der Waals surface area contributed by atoms with Crippen molar-refractivity contribution >= 4 is 60.1 Å². The molecule has 22 N–H and O–H groups in total. The molecule has 0 aromatic heterocycles. The smallest absolute Gasteiger partial charge is 0.328 e. The maximum atomic E-state index is 10.3. The van der Waals surface area contributed by atoms with E-state index in [0.29, 0.717) is 22.3 Å². The first-order chi connectivity index (χ1) is 39.7. The molecule has 0 aliphatic heterocycles. The van der Waals surface area contributed by atoms with Gasteiger partial charge in [0.15, 0.2) is 92.0 Å². The molecule has 450 valence electrons. The molecule has 0 fully saturated rings. The lowest BCUT2D eigenvalue weighted by Crippen LogP contribution is -1.99. The summed E-state index contributed by atoms with van der Waals surface area (Å²) in [6.07, 6.45) is 14.7. The summed E-state index contributed by atoms with van der Waals surface area (Å²) in [4.78, 5) is 61.0. The highest BCUT2D eigenvalue weighted by molar-refractivity contribution is 5.86. The predicted molar refractivity (Wildman–Crippen MR) is 298 cm³/mol. The lowest BCUT2D eigenvalue weighted by molar-refractivity contribution is -0.137. The van der Waals surface area contributed by atoms with Crippen LogP contribution in [0.2, 0.25) is 0 Å². The zero-order valence-corrected chi connectivity index (χ0v) is 43.4. The molecule has 0 saturated heterocycles. The summed E-state index contributed by atoms with van der Waals surface area (Å²) >= 11 is 0. The van der Waals surface area contributed by atoms with Crippen LogP contribution in [-0.2, 0) is 41.6 Å². The second-order valence-corrected chi connectivity index (χ2v) is 16.2. The molecule has 0 unspecified atom stereocenters. The standard InChI is InChI=1S/C11H10O5.C11H10O4.C9H10O5.C9H8O5.C9H8O4.C8H8O5/c12-8-5-7(6-9(13)11(8)16)3-1-2-4-10(14)15;12-9-6-5-8(7-10(9)13)3-1-2-4-11(14)15;2*10-6-3-5(1-2-8(12)13)4-7(11)9(6)14;10-7-3-1-6(5-8(7)11)2-4-9(12)13;9-5-1-4(3-7(11)12)2-6(10)8(5)13/h1-6,12-13,16H,(H,14,15);1-7,12-13H,(H,14,15);3-4,10-11,14H,1-2H2,(H,12,13);1-4,10-11,14H,(H,12,13);1-5,10-11H,(H,12,13);1-2,9-10,13H,3H2,(H,11,12)/b2*3-1+,4-2+;;2-1+;4-2+;. The number of carboxylic acids is 6. The zero-order valence-electron chi connectivity index (χ0n) is 43.4. The molecule has 0 aliphatic rings. The van der Waals surface area contributed by atoms with Crippen LogP contribution in [0, 0.1) is 0 Å².